The molecular weight excluding hydrogens is 448 g/mol. The van der Waals surface area contributed by atoms with E-state index in [1.807, 2.05) is 43.3 Å². The lowest BCUT2D eigenvalue weighted by Crippen LogP contribution is -2.44. The van der Waals surface area contributed by atoms with E-state index in [1.165, 1.54) is 0 Å². The molecule has 0 saturated carbocycles. The summed E-state index contributed by atoms with van der Waals surface area (Å²) < 4.78 is 28.2. The molecule has 8 heteroatoms. The zero-order chi connectivity index (χ0) is 24.1. The van der Waals surface area contributed by atoms with Crippen LogP contribution in [0, 0.1) is 0 Å². The second-order valence-electron chi connectivity index (χ2n) is 9.50. The molecule has 7 nitrogen and oxygen atoms in total. The largest absolute Gasteiger partial charge is 0.367 e. The van der Waals surface area contributed by atoms with Crippen molar-refractivity contribution in [3.05, 3.63) is 54.1 Å². The summed E-state index contributed by atoms with van der Waals surface area (Å²) in [5.74, 6) is -0.0483. The smallest absolute Gasteiger partial charge is 0.243 e. The van der Waals surface area contributed by atoms with Crippen LogP contribution in [-0.4, -0.2) is 69.8 Å². The van der Waals surface area contributed by atoms with Crippen molar-refractivity contribution in [2.75, 3.05) is 56.5 Å². The summed E-state index contributed by atoms with van der Waals surface area (Å²) in [6.07, 6.45) is 3.17. The fraction of sp³-hybridized carbons (Fsp3) is 0.500. The van der Waals surface area contributed by atoms with E-state index < -0.39 is 10.0 Å². The number of carbonyl (C=O) groups is 1. The fourth-order valence-electron chi connectivity index (χ4n) is 4.73. The molecule has 0 aromatic heterocycles. The zero-order valence-electron chi connectivity index (χ0n) is 20.2. The minimum atomic E-state index is -3.59. The molecule has 34 heavy (non-hydrogen) atoms. The highest BCUT2D eigenvalue weighted by atomic mass is 32.2. The number of likely N-dealkylation sites (N-methyl/N-ethyl adjacent to an activating group) is 1. The highest BCUT2D eigenvalue weighted by Gasteiger charge is 2.28. The molecule has 2 aliphatic heterocycles. The zero-order valence-corrected chi connectivity index (χ0v) is 21.1. The van der Waals surface area contributed by atoms with Crippen molar-refractivity contribution in [1.82, 2.24) is 9.21 Å². The van der Waals surface area contributed by atoms with Gasteiger partial charge in [-0.15, -0.1) is 0 Å². The fourth-order valence-corrected chi connectivity index (χ4v) is 6.28. The molecule has 4 rings (SSSR count). The van der Waals surface area contributed by atoms with Gasteiger partial charge in [-0.3, -0.25) is 4.79 Å². The quantitative estimate of drug-likeness (QED) is 0.648. The first-order valence-corrected chi connectivity index (χ1v) is 13.7. The Bertz CT molecular complexity index is 1080. The first-order chi connectivity index (χ1) is 16.3. The van der Waals surface area contributed by atoms with E-state index in [0.717, 1.165) is 56.7 Å². The van der Waals surface area contributed by atoms with Crippen LogP contribution in [0.5, 0.6) is 0 Å². The van der Waals surface area contributed by atoms with Crippen LogP contribution in [-0.2, 0) is 14.8 Å². The summed E-state index contributed by atoms with van der Waals surface area (Å²) in [6.45, 7) is 6.65. The number of carbonyl (C=O) groups excluding carboxylic acids is 1. The monoisotopic (exact) mass is 484 g/mol. The lowest BCUT2D eigenvalue weighted by atomic mass is 9.97. The van der Waals surface area contributed by atoms with E-state index in [1.54, 1.807) is 16.4 Å². The number of rotatable bonds is 7. The standard InChI is InChI=1S/C26H36N4O3S/c1-21(22-9-5-3-6-10-22)19-26(31)27-24-20-23(34(32,33)30-13-7-4-8-14-30)11-12-25(24)29-17-15-28(2)16-18-29/h3,5-6,9-12,20-21H,4,7-8,13-19H2,1-2H3,(H,27,31). The molecule has 0 radical (unpaired) electrons. The van der Waals surface area contributed by atoms with Crippen LogP contribution in [0.25, 0.3) is 0 Å². The van der Waals surface area contributed by atoms with Crippen molar-refractivity contribution in [3.63, 3.8) is 0 Å². The third kappa shape index (κ3) is 5.79. The average molecular weight is 485 g/mol. The van der Waals surface area contributed by atoms with Gasteiger partial charge >= 0.3 is 0 Å². The molecule has 2 fully saturated rings. The maximum Gasteiger partial charge on any atom is 0.243 e. The van der Waals surface area contributed by atoms with Crippen LogP contribution in [0.3, 0.4) is 0 Å². The number of piperidine rings is 1. The molecular formula is C26H36N4O3S. The van der Waals surface area contributed by atoms with Gasteiger partial charge in [-0.05, 0) is 49.6 Å². The first-order valence-electron chi connectivity index (χ1n) is 12.3. The lowest BCUT2D eigenvalue weighted by Gasteiger charge is -2.35. The molecule has 1 amide bonds. The number of sulfonamides is 1. The van der Waals surface area contributed by atoms with Crippen LogP contribution in [0.15, 0.2) is 53.4 Å². The molecule has 2 aliphatic rings. The molecule has 2 saturated heterocycles. The Morgan fingerprint density at radius 2 is 1.62 bits per heavy atom. The molecule has 2 aromatic rings. The van der Waals surface area contributed by atoms with E-state index in [-0.39, 0.29) is 16.7 Å². The second-order valence-corrected chi connectivity index (χ2v) is 11.4. The third-order valence-corrected chi connectivity index (χ3v) is 8.79. The van der Waals surface area contributed by atoms with E-state index in [0.29, 0.717) is 25.2 Å². The van der Waals surface area contributed by atoms with Gasteiger partial charge in [-0.25, -0.2) is 8.42 Å². The van der Waals surface area contributed by atoms with Gasteiger partial charge in [0.15, 0.2) is 0 Å². The van der Waals surface area contributed by atoms with Gasteiger partial charge in [0.2, 0.25) is 15.9 Å². The summed E-state index contributed by atoms with van der Waals surface area (Å²) >= 11 is 0. The average Bonchev–Trinajstić information content (AvgIpc) is 2.85. The number of nitrogens with zero attached hydrogens (tertiary/aromatic N) is 3. The molecule has 2 heterocycles. The normalized spacial score (nSPS) is 19.1. The Morgan fingerprint density at radius 1 is 0.941 bits per heavy atom. The summed E-state index contributed by atoms with van der Waals surface area (Å²) in [6, 6.07) is 15.2. The van der Waals surface area contributed by atoms with E-state index in [2.05, 4.69) is 22.2 Å². The second kappa shape index (κ2) is 10.9. The maximum absolute atomic E-state index is 13.3. The van der Waals surface area contributed by atoms with E-state index in [4.69, 9.17) is 0 Å². The number of benzene rings is 2. The van der Waals surface area contributed by atoms with Gasteiger partial charge in [0, 0.05) is 45.7 Å². The topological polar surface area (TPSA) is 73.0 Å². The summed E-state index contributed by atoms with van der Waals surface area (Å²) in [5, 5.41) is 3.06. The number of nitrogens with one attached hydrogen (secondary N) is 1. The Labute approximate surface area is 203 Å². The van der Waals surface area contributed by atoms with E-state index in [9.17, 15) is 13.2 Å². The van der Waals surface area contributed by atoms with Gasteiger partial charge in [-0.2, -0.15) is 4.31 Å². The van der Waals surface area contributed by atoms with Crippen LogP contribution in [0.2, 0.25) is 0 Å². The van der Waals surface area contributed by atoms with Gasteiger partial charge in [-0.1, -0.05) is 43.7 Å². The van der Waals surface area contributed by atoms with Crippen LogP contribution in [0.1, 0.15) is 44.1 Å². The first kappa shape index (κ1) is 24.7. The van der Waals surface area contributed by atoms with E-state index >= 15 is 0 Å². The number of anilines is 2. The highest BCUT2D eigenvalue weighted by Crippen LogP contribution is 2.32. The van der Waals surface area contributed by atoms with Crippen molar-refractivity contribution in [2.24, 2.45) is 0 Å². The van der Waals surface area contributed by atoms with Crippen molar-refractivity contribution in [2.45, 2.75) is 43.4 Å². The Hall–Kier alpha value is -2.42. The van der Waals surface area contributed by atoms with Crippen molar-refractivity contribution >= 4 is 27.3 Å². The lowest BCUT2D eigenvalue weighted by molar-refractivity contribution is -0.116. The van der Waals surface area contributed by atoms with Gasteiger partial charge < -0.3 is 15.1 Å². The van der Waals surface area contributed by atoms with Crippen LogP contribution >= 0.6 is 0 Å². The molecule has 0 spiro atoms. The molecule has 2 aromatic carbocycles. The van der Waals surface area contributed by atoms with Crippen LogP contribution < -0.4 is 10.2 Å². The molecule has 0 aliphatic carbocycles. The highest BCUT2D eigenvalue weighted by molar-refractivity contribution is 7.89. The molecule has 184 valence electrons. The van der Waals surface area contributed by atoms with Crippen molar-refractivity contribution < 1.29 is 13.2 Å². The molecule has 1 unspecified atom stereocenters. The maximum atomic E-state index is 13.3. The van der Waals surface area contributed by atoms with Crippen molar-refractivity contribution in [1.29, 1.82) is 0 Å². The Kier molecular flexibility index (Phi) is 7.91. The van der Waals surface area contributed by atoms with Gasteiger partial charge in [0.1, 0.15) is 0 Å². The number of hydrogen-bond donors (Lipinski definition) is 1. The minimum Gasteiger partial charge on any atom is -0.367 e. The molecule has 1 N–H and O–H groups in total. The van der Waals surface area contributed by atoms with Gasteiger partial charge in [0.05, 0.1) is 16.3 Å². The Balaban J connectivity index is 1.59. The van der Waals surface area contributed by atoms with Crippen molar-refractivity contribution in [3.8, 4) is 0 Å². The molecule has 0 bridgehead atoms. The predicted molar refractivity (Wildman–Crippen MR) is 137 cm³/mol. The number of hydrogen-bond acceptors (Lipinski definition) is 5. The minimum absolute atomic E-state index is 0.0635. The SMILES string of the molecule is CC(CC(=O)Nc1cc(S(=O)(=O)N2CCCCC2)ccc1N1CCN(C)CC1)c1ccccc1. The summed E-state index contributed by atoms with van der Waals surface area (Å²) in [5.41, 5.74) is 2.57. The number of amides is 1. The van der Waals surface area contributed by atoms with Crippen LogP contribution in [0.4, 0.5) is 11.4 Å². The predicted octanol–water partition coefficient (Wildman–Crippen LogP) is 3.75. The third-order valence-electron chi connectivity index (χ3n) is 6.90. The van der Waals surface area contributed by atoms with Gasteiger partial charge in [0.25, 0.3) is 0 Å². The summed E-state index contributed by atoms with van der Waals surface area (Å²) in [4.78, 5) is 17.8. The molecule has 1 atom stereocenters. The number of piperazine rings is 1. The summed E-state index contributed by atoms with van der Waals surface area (Å²) in [7, 11) is -1.49. The Morgan fingerprint density at radius 3 is 2.29 bits per heavy atom.